The van der Waals surface area contributed by atoms with Gasteiger partial charge >= 0.3 is 0 Å². The maximum absolute atomic E-state index is 8.26. The number of thioether (sulfide) groups is 1. The number of aliphatic imine (C=N–C) groups is 1. The molecule has 0 aliphatic rings. The first-order valence-corrected chi connectivity index (χ1v) is 4.31. The minimum Gasteiger partial charge on any atom is -0.272 e. The average Bonchev–Trinajstić information content (AvgIpc) is 1.97. The minimum atomic E-state index is 0.574. The van der Waals surface area contributed by atoms with E-state index >= 15 is 0 Å². The highest BCUT2D eigenvalue weighted by Crippen LogP contribution is 1.96. The van der Waals surface area contributed by atoms with Crippen molar-refractivity contribution in [3.8, 4) is 6.19 Å². The number of nitriles is 1. The Balaban J connectivity index is 3.92. The van der Waals surface area contributed by atoms with Crippen molar-refractivity contribution in [2.75, 3.05) is 12.8 Å². The summed E-state index contributed by atoms with van der Waals surface area (Å²) in [7, 11) is 0. The van der Waals surface area contributed by atoms with Gasteiger partial charge in [0.05, 0.1) is 6.54 Å². The van der Waals surface area contributed by atoms with Crippen LogP contribution < -0.4 is 5.32 Å². The first-order chi connectivity index (χ1) is 5.20. The monoisotopic (exact) mass is 169 g/mol. The Morgan fingerprint density at radius 2 is 2.45 bits per heavy atom. The van der Waals surface area contributed by atoms with Crippen LogP contribution in [0.2, 0.25) is 0 Å². The summed E-state index contributed by atoms with van der Waals surface area (Å²) in [4.78, 5) is 4.08. The number of hydrogen-bond donors (Lipinski definition) is 1. The number of nitrogens with zero attached hydrogens (tertiary/aromatic N) is 2. The van der Waals surface area contributed by atoms with Crippen molar-refractivity contribution in [2.24, 2.45) is 4.99 Å². The molecule has 3 nitrogen and oxygen atoms in total. The molecule has 0 rings (SSSR count). The zero-order valence-corrected chi connectivity index (χ0v) is 7.53. The van der Waals surface area contributed by atoms with Gasteiger partial charge in [-0.3, -0.25) is 10.3 Å². The summed E-state index contributed by atoms with van der Waals surface area (Å²) in [5.41, 5.74) is 0.983. The second-order valence-corrected chi connectivity index (χ2v) is 2.81. The van der Waals surface area contributed by atoms with Crippen molar-refractivity contribution >= 4 is 16.9 Å². The summed E-state index contributed by atoms with van der Waals surface area (Å²) in [6.07, 6.45) is 3.67. The van der Waals surface area contributed by atoms with Crippen LogP contribution in [0.5, 0.6) is 0 Å². The topological polar surface area (TPSA) is 48.2 Å². The van der Waals surface area contributed by atoms with Crippen LogP contribution >= 0.6 is 11.8 Å². The highest BCUT2D eigenvalue weighted by atomic mass is 32.2. The van der Waals surface area contributed by atoms with E-state index in [1.165, 1.54) is 11.8 Å². The second kappa shape index (κ2) is 5.81. The van der Waals surface area contributed by atoms with E-state index in [4.69, 9.17) is 5.26 Å². The van der Waals surface area contributed by atoms with Crippen LogP contribution in [0.1, 0.15) is 6.92 Å². The van der Waals surface area contributed by atoms with Crippen LogP contribution in [0.25, 0.3) is 0 Å². The highest BCUT2D eigenvalue weighted by Gasteiger charge is 1.92. The SMILES string of the molecule is C=C(C)CN=C(NC#N)SC. The number of rotatable bonds is 2. The molecule has 0 amide bonds. The quantitative estimate of drug-likeness (QED) is 0.223. The van der Waals surface area contributed by atoms with Gasteiger partial charge in [0.15, 0.2) is 11.4 Å². The molecule has 0 saturated carbocycles. The fraction of sp³-hybridized carbons (Fsp3) is 0.429. The predicted octanol–water partition coefficient (Wildman–Crippen LogP) is 1.35. The third kappa shape index (κ3) is 5.49. The number of hydrogen-bond acceptors (Lipinski definition) is 3. The molecule has 0 unspecified atom stereocenters. The maximum Gasteiger partial charge on any atom is 0.183 e. The van der Waals surface area contributed by atoms with Gasteiger partial charge in [-0.2, -0.15) is 5.26 Å². The Morgan fingerprint density at radius 3 is 2.82 bits per heavy atom. The van der Waals surface area contributed by atoms with Gasteiger partial charge in [-0.25, -0.2) is 0 Å². The summed E-state index contributed by atoms with van der Waals surface area (Å²) in [6.45, 7) is 6.17. The molecular weight excluding hydrogens is 158 g/mol. The lowest BCUT2D eigenvalue weighted by atomic mass is 10.4. The first kappa shape index (κ1) is 10.0. The Labute approximate surface area is 71.2 Å². The molecule has 0 atom stereocenters. The average molecular weight is 169 g/mol. The van der Waals surface area contributed by atoms with Crippen molar-refractivity contribution in [2.45, 2.75) is 6.92 Å². The van der Waals surface area contributed by atoms with E-state index in [-0.39, 0.29) is 0 Å². The van der Waals surface area contributed by atoms with Crippen LogP contribution in [0.4, 0.5) is 0 Å². The van der Waals surface area contributed by atoms with Crippen LogP contribution in [-0.2, 0) is 0 Å². The zero-order chi connectivity index (χ0) is 8.69. The summed E-state index contributed by atoms with van der Waals surface area (Å²) in [5.74, 6) is 0. The Kier molecular flexibility index (Phi) is 5.30. The molecule has 0 bridgehead atoms. The maximum atomic E-state index is 8.26. The smallest absolute Gasteiger partial charge is 0.183 e. The lowest BCUT2D eigenvalue weighted by molar-refractivity contribution is 1.12. The van der Waals surface area contributed by atoms with E-state index in [1.54, 1.807) is 0 Å². The largest absolute Gasteiger partial charge is 0.272 e. The molecule has 1 N–H and O–H groups in total. The number of nitrogens with one attached hydrogen (secondary N) is 1. The van der Waals surface area contributed by atoms with E-state index in [0.29, 0.717) is 11.7 Å². The van der Waals surface area contributed by atoms with E-state index in [2.05, 4.69) is 16.9 Å². The minimum absolute atomic E-state index is 0.574. The molecule has 0 saturated heterocycles. The van der Waals surface area contributed by atoms with Crippen molar-refractivity contribution in [3.05, 3.63) is 12.2 Å². The van der Waals surface area contributed by atoms with Gasteiger partial charge in [0, 0.05) is 0 Å². The van der Waals surface area contributed by atoms with Gasteiger partial charge in [-0.05, 0) is 13.2 Å². The van der Waals surface area contributed by atoms with E-state index < -0.39 is 0 Å². The second-order valence-electron chi connectivity index (χ2n) is 2.02. The molecule has 0 aromatic carbocycles. The molecule has 60 valence electrons. The van der Waals surface area contributed by atoms with Gasteiger partial charge in [0.25, 0.3) is 0 Å². The van der Waals surface area contributed by atoms with E-state index in [1.807, 2.05) is 19.4 Å². The van der Waals surface area contributed by atoms with E-state index in [9.17, 15) is 0 Å². The van der Waals surface area contributed by atoms with Crippen molar-refractivity contribution in [1.82, 2.24) is 5.32 Å². The summed E-state index contributed by atoms with van der Waals surface area (Å²) in [6, 6.07) is 0. The van der Waals surface area contributed by atoms with Crippen LogP contribution in [0.15, 0.2) is 17.1 Å². The van der Waals surface area contributed by atoms with Crippen molar-refractivity contribution in [1.29, 1.82) is 5.26 Å². The Bertz CT molecular complexity index is 202. The third-order valence-electron chi connectivity index (χ3n) is 0.849. The zero-order valence-electron chi connectivity index (χ0n) is 6.72. The standard InChI is InChI=1S/C7H11N3S/c1-6(2)4-9-7(11-3)10-5-8/h1,4H2,2-3H3,(H,9,10). The molecule has 0 heterocycles. The Hall–Kier alpha value is -0.950. The van der Waals surface area contributed by atoms with Crippen LogP contribution in [0.3, 0.4) is 0 Å². The van der Waals surface area contributed by atoms with Gasteiger partial charge in [0.2, 0.25) is 0 Å². The molecule has 0 spiro atoms. The molecule has 0 fully saturated rings. The van der Waals surface area contributed by atoms with Gasteiger partial charge in [-0.1, -0.05) is 23.9 Å². The molecule has 0 radical (unpaired) electrons. The summed E-state index contributed by atoms with van der Waals surface area (Å²) >= 11 is 1.41. The van der Waals surface area contributed by atoms with Crippen LogP contribution in [0, 0.1) is 11.5 Å². The number of amidine groups is 1. The van der Waals surface area contributed by atoms with E-state index in [0.717, 1.165) is 5.57 Å². The molecule has 0 aromatic heterocycles. The molecular formula is C7H11N3S. The molecule has 4 heteroatoms. The highest BCUT2D eigenvalue weighted by molar-refractivity contribution is 8.13. The lowest BCUT2D eigenvalue weighted by Crippen LogP contribution is -2.13. The molecule has 0 aliphatic carbocycles. The fourth-order valence-electron chi connectivity index (χ4n) is 0.410. The molecule has 0 aliphatic heterocycles. The van der Waals surface area contributed by atoms with Gasteiger partial charge in [0.1, 0.15) is 0 Å². The predicted molar refractivity (Wildman–Crippen MR) is 49.4 cm³/mol. The molecule has 0 aromatic rings. The summed E-state index contributed by atoms with van der Waals surface area (Å²) in [5, 5.41) is 11.4. The summed E-state index contributed by atoms with van der Waals surface area (Å²) < 4.78 is 0. The van der Waals surface area contributed by atoms with Crippen molar-refractivity contribution in [3.63, 3.8) is 0 Å². The van der Waals surface area contributed by atoms with Gasteiger partial charge < -0.3 is 0 Å². The lowest BCUT2D eigenvalue weighted by Gasteiger charge is -1.98. The normalized spacial score (nSPS) is 10.5. The first-order valence-electron chi connectivity index (χ1n) is 3.08. The van der Waals surface area contributed by atoms with Gasteiger partial charge in [-0.15, -0.1) is 0 Å². The molecule has 11 heavy (non-hydrogen) atoms. The van der Waals surface area contributed by atoms with Crippen LogP contribution in [-0.4, -0.2) is 18.0 Å². The fourth-order valence-corrected chi connectivity index (χ4v) is 0.751. The Morgan fingerprint density at radius 1 is 1.82 bits per heavy atom. The van der Waals surface area contributed by atoms with Crippen molar-refractivity contribution < 1.29 is 0 Å². The third-order valence-corrected chi connectivity index (χ3v) is 1.47.